The number of carbonyl (C=O) groups is 1. The SMILES string of the molecule is CCOc1cc(C#N)ccc1O[C@H](C)C(=O)Nc1ccc(Cl)cc1Cl. The monoisotopic (exact) mass is 378 g/mol. The summed E-state index contributed by atoms with van der Waals surface area (Å²) in [7, 11) is 0. The van der Waals surface area contributed by atoms with Crippen molar-refractivity contribution in [3.8, 4) is 17.6 Å². The zero-order chi connectivity index (χ0) is 18.4. The van der Waals surface area contributed by atoms with E-state index in [0.29, 0.717) is 39.4 Å². The molecule has 2 aromatic carbocycles. The first-order chi connectivity index (χ1) is 11.9. The summed E-state index contributed by atoms with van der Waals surface area (Å²) < 4.78 is 11.1. The molecule has 0 saturated carbocycles. The second-order valence-electron chi connectivity index (χ2n) is 5.08. The van der Waals surface area contributed by atoms with Gasteiger partial charge in [-0.25, -0.2) is 0 Å². The van der Waals surface area contributed by atoms with E-state index in [9.17, 15) is 4.79 Å². The standard InChI is InChI=1S/C18H16Cl2N2O3/c1-3-24-17-8-12(10-21)4-7-16(17)25-11(2)18(23)22-15-6-5-13(19)9-14(15)20/h4-9,11H,3H2,1-2H3,(H,22,23)/t11-/m1/s1. The molecule has 0 fully saturated rings. The Morgan fingerprint density at radius 2 is 2.00 bits per heavy atom. The molecule has 1 atom stereocenters. The number of anilines is 1. The third-order valence-electron chi connectivity index (χ3n) is 3.23. The molecule has 5 nitrogen and oxygen atoms in total. The molecular formula is C18H16Cl2N2O3. The Labute approximate surface area is 156 Å². The maximum atomic E-state index is 12.3. The largest absolute Gasteiger partial charge is 0.490 e. The van der Waals surface area contributed by atoms with Gasteiger partial charge in [0.15, 0.2) is 17.6 Å². The van der Waals surface area contributed by atoms with E-state index in [0.717, 1.165) is 0 Å². The molecule has 0 aliphatic rings. The van der Waals surface area contributed by atoms with Crippen LogP contribution in [0.1, 0.15) is 19.4 Å². The molecule has 0 aliphatic carbocycles. The molecule has 0 radical (unpaired) electrons. The van der Waals surface area contributed by atoms with Crippen LogP contribution in [-0.2, 0) is 4.79 Å². The molecule has 0 spiro atoms. The van der Waals surface area contributed by atoms with Gasteiger partial charge < -0.3 is 14.8 Å². The van der Waals surface area contributed by atoms with Crippen molar-refractivity contribution < 1.29 is 14.3 Å². The summed E-state index contributed by atoms with van der Waals surface area (Å²) in [6.07, 6.45) is -0.807. The Kier molecular flexibility index (Phi) is 6.51. The molecule has 0 bridgehead atoms. The highest BCUT2D eigenvalue weighted by atomic mass is 35.5. The van der Waals surface area contributed by atoms with Gasteiger partial charge in [-0.1, -0.05) is 23.2 Å². The Morgan fingerprint density at radius 1 is 1.24 bits per heavy atom. The first-order valence-corrected chi connectivity index (χ1v) is 8.29. The van der Waals surface area contributed by atoms with Crippen LogP contribution in [0.3, 0.4) is 0 Å². The third kappa shape index (κ3) is 5.02. The molecule has 2 aromatic rings. The van der Waals surface area contributed by atoms with E-state index in [2.05, 4.69) is 5.32 Å². The molecule has 130 valence electrons. The fourth-order valence-electron chi connectivity index (χ4n) is 2.01. The van der Waals surface area contributed by atoms with Gasteiger partial charge in [-0.05, 0) is 44.2 Å². The lowest BCUT2D eigenvalue weighted by atomic mass is 10.2. The zero-order valence-electron chi connectivity index (χ0n) is 13.7. The number of nitrogens with zero attached hydrogens (tertiary/aromatic N) is 1. The second kappa shape index (κ2) is 8.61. The molecular weight excluding hydrogens is 363 g/mol. The highest BCUT2D eigenvalue weighted by Gasteiger charge is 2.18. The van der Waals surface area contributed by atoms with Gasteiger partial charge in [0.25, 0.3) is 5.91 Å². The van der Waals surface area contributed by atoms with Crippen molar-refractivity contribution in [1.82, 2.24) is 0 Å². The van der Waals surface area contributed by atoms with Crippen molar-refractivity contribution in [2.45, 2.75) is 20.0 Å². The van der Waals surface area contributed by atoms with Crippen molar-refractivity contribution in [3.63, 3.8) is 0 Å². The minimum absolute atomic E-state index is 0.335. The molecule has 0 aliphatic heterocycles. The summed E-state index contributed by atoms with van der Waals surface area (Å²) in [6.45, 7) is 3.83. The quantitative estimate of drug-likeness (QED) is 0.792. The highest BCUT2D eigenvalue weighted by Crippen LogP contribution is 2.30. The van der Waals surface area contributed by atoms with Crippen molar-refractivity contribution in [3.05, 3.63) is 52.0 Å². The van der Waals surface area contributed by atoms with Gasteiger partial charge in [-0.15, -0.1) is 0 Å². The van der Waals surface area contributed by atoms with Crippen LogP contribution in [0.15, 0.2) is 36.4 Å². The van der Waals surface area contributed by atoms with Crippen LogP contribution in [0.5, 0.6) is 11.5 Å². The number of carbonyl (C=O) groups excluding carboxylic acids is 1. The van der Waals surface area contributed by atoms with Gasteiger partial charge in [-0.3, -0.25) is 4.79 Å². The number of nitrogens with one attached hydrogen (secondary N) is 1. The van der Waals surface area contributed by atoms with Gasteiger partial charge in [0.2, 0.25) is 0 Å². The van der Waals surface area contributed by atoms with Crippen LogP contribution < -0.4 is 14.8 Å². The molecule has 2 rings (SSSR count). The van der Waals surface area contributed by atoms with Crippen LogP contribution in [-0.4, -0.2) is 18.6 Å². The highest BCUT2D eigenvalue weighted by molar-refractivity contribution is 6.36. The lowest BCUT2D eigenvalue weighted by Crippen LogP contribution is -2.30. The lowest BCUT2D eigenvalue weighted by Gasteiger charge is -2.17. The number of ether oxygens (including phenoxy) is 2. The first kappa shape index (κ1) is 18.9. The number of rotatable bonds is 6. The predicted molar refractivity (Wildman–Crippen MR) is 97.5 cm³/mol. The summed E-state index contributed by atoms with van der Waals surface area (Å²) in [5.41, 5.74) is 0.886. The molecule has 0 aromatic heterocycles. The average molecular weight is 379 g/mol. The number of benzene rings is 2. The van der Waals surface area contributed by atoms with Crippen molar-refractivity contribution in [2.75, 3.05) is 11.9 Å². The van der Waals surface area contributed by atoms with Gasteiger partial charge in [0.1, 0.15) is 0 Å². The van der Waals surface area contributed by atoms with Gasteiger partial charge >= 0.3 is 0 Å². The predicted octanol–water partition coefficient (Wildman–Crippen LogP) is 4.67. The summed E-state index contributed by atoms with van der Waals surface area (Å²) in [5.74, 6) is 0.410. The Balaban J connectivity index is 2.12. The maximum absolute atomic E-state index is 12.3. The van der Waals surface area contributed by atoms with E-state index in [-0.39, 0.29) is 5.91 Å². The van der Waals surface area contributed by atoms with Crippen molar-refractivity contribution >= 4 is 34.8 Å². The minimum Gasteiger partial charge on any atom is -0.490 e. The van der Waals surface area contributed by atoms with E-state index < -0.39 is 6.10 Å². The molecule has 0 unspecified atom stereocenters. The molecule has 1 N–H and O–H groups in total. The fourth-order valence-corrected chi connectivity index (χ4v) is 2.47. The number of halogens is 2. The van der Waals surface area contributed by atoms with Crippen LogP contribution in [0, 0.1) is 11.3 Å². The van der Waals surface area contributed by atoms with Gasteiger partial charge in [0.05, 0.1) is 28.9 Å². The first-order valence-electron chi connectivity index (χ1n) is 7.54. The van der Waals surface area contributed by atoms with Crippen LogP contribution >= 0.6 is 23.2 Å². The van der Waals surface area contributed by atoms with E-state index >= 15 is 0 Å². The Bertz CT molecular complexity index is 818. The molecule has 1 amide bonds. The molecule has 25 heavy (non-hydrogen) atoms. The number of nitriles is 1. The van der Waals surface area contributed by atoms with Gasteiger partial charge in [0, 0.05) is 11.1 Å². The maximum Gasteiger partial charge on any atom is 0.265 e. The van der Waals surface area contributed by atoms with Crippen LogP contribution in [0.2, 0.25) is 10.0 Å². The number of amides is 1. The zero-order valence-corrected chi connectivity index (χ0v) is 15.2. The molecule has 0 saturated heterocycles. The molecule has 0 heterocycles. The number of hydrogen-bond acceptors (Lipinski definition) is 4. The minimum atomic E-state index is -0.807. The second-order valence-corrected chi connectivity index (χ2v) is 5.92. The van der Waals surface area contributed by atoms with E-state index in [1.165, 1.54) is 6.07 Å². The van der Waals surface area contributed by atoms with E-state index in [4.69, 9.17) is 37.9 Å². The smallest absolute Gasteiger partial charge is 0.265 e. The summed E-state index contributed by atoms with van der Waals surface area (Å²) in [6, 6.07) is 11.6. The fraction of sp³-hybridized carbons (Fsp3) is 0.222. The topological polar surface area (TPSA) is 71.3 Å². The summed E-state index contributed by atoms with van der Waals surface area (Å²) in [4.78, 5) is 12.3. The third-order valence-corrected chi connectivity index (χ3v) is 3.78. The lowest BCUT2D eigenvalue weighted by molar-refractivity contribution is -0.122. The van der Waals surface area contributed by atoms with Crippen LogP contribution in [0.4, 0.5) is 5.69 Å². The molecule has 7 heteroatoms. The van der Waals surface area contributed by atoms with Gasteiger partial charge in [-0.2, -0.15) is 5.26 Å². The summed E-state index contributed by atoms with van der Waals surface area (Å²) in [5, 5.41) is 12.5. The number of hydrogen-bond donors (Lipinski definition) is 1. The normalized spacial score (nSPS) is 11.3. The van der Waals surface area contributed by atoms with E-state index in [1.807, 2.05) is 13.0 Å². The van der Waals surface area contributed by atoms with Crippen molar-refractivity contribution in [2.24, 2.45) is 0 Å². The summed E-state index contributed by atoms with van der Waals surface area (Å²) >= 11 is 11.9. The Morgan fingerprint density at radius 3 is 2.64 bits per heavy atom. The average Bonchev–Trinajstić information content (AvgIpc) is 2.59. The van der Waals surface area contributed by atoms with Crippen LogP contribution in [0.25, 0.3) is 0 Å². The Hall–Kier alpha value is -2.42. The van der Waals surface area contributed by atoms with Crippen molar-refractivity contribution in [1.29, 1.82) is 5.26 Å². The van der Waals surface area contributed by atoms with E-state index in [1.54, 1.807) is 37.3 Å².